The van der Waals surface area contributed by atoms with Gasteiger partial charge in [-0.15, -0.1) is 0 Å². The standard InChI is InChI=1S/C34H48N2O3S.Li.H/c1-23-11-9-10-16-27(23)30-22-26(17-18-28(30)33(37)36-31(34(38)39)19-20-40-2)32(35)29(25-14-7-4-8-15-25)21-24-12-5-3-6-13-24;;/h9-11,16-18,22,24-25,29,31-32H,3-8,12-15,19-21,35H2,1-2H3,(H,36,37)(H,38,39);;/q;+1;-1. The van der Waals surface area contributed by atoms with Gasteiger partial charge in [-0.2, -0.15) is 11.8 Å². The summed E-state index contributed by atoms with van der Waals surface area (Å²) in [7, 11) is 0. The van der Waals surface area contributed by atoms with Crippen LogP contribution in [0.3, 0.4) is 0 Å². The number of benzene rings is 2. The minimum absolute atomic E-state index is 0. The Balaban J connectivity index is 0.00000308. The van der Waals surface area contributed by atoms with Gasteiger partial charge >= 0.3 is 24.8 Å². The third-order valence-corrected chi connectivity index (χ3v) is 10.0. The third kappa shape index (κ3) is 9.14. The number of carboxylic acid groups (broad SMARTS) is 1. The molecule has 0 spiro atoms. The van der Waals surface area contributed by atoms with E-state index in [0.29, 0.717) is 29.6 Å². The van der Waals surface area contributed by atoms with Gasteiger partial charge in [0.25, 0.3) is 5.91 Å². The van der Waals surface area contributed by atoms with E-state index in [2.05, 4.69) is 24.4 Å². The van der Waals surface area contributed by atoms with Crippen molar-refractivity contribution in [3.8, 4) is 11.1 Å². The van der Waals surface area contributed by atoms with Crippen LogP contribution in [0.5, 0.6) is 0 Å². The minimum Gasteiger partial charge on any atom is -1.00 e. The van der Waals surface area contributed by atoms with Crippen LogP contribution < -0.4 is 29.9 Å². The van der Waals surface area contributed by atoms with Crippen molar-refractivity contribution in [2.75, 3.05) is 12.0 Å². The van der Waals surface area contributed by atoms with Gasteiger partial charge in [0.05, 0.1) is 0 Å². The molecule has 0 bridgehead atoms. The molecule has 3 atom stereocenters. The first kappa shape index (κ1) is 33.8. The number of carbonyl (C=O) groups is 2. The number of rotatable bonds is 12. The monoisotopic (exact) mass is 572 g/mol. The van der Waals surface area contributed by atoms with Gasteiger partial charge in [-0.05, 0) is 83.9 Å². The molecule has 0 heterocycles. The molecule has 2 aromatic carbocycles. The van der Waals surface area contributed by atoms with Gasteiger partial charge in [0.15, 0.2) is 0 Å². The minimum atomic E-state index is -1.00. The number of carbonyl (C=O) groups excluding carboxylic acids is 1. The quantitative estimate of drug-likeness (QED) is 0.315. The van der Waals surface area contributed by atoms with Crippen LogP contribution in [-0.4, -0.2) is 35.0 Å². The molecule has 2 aromatic rings. The van der Waals surface area contributed by atoms with Crippen LogP contribution >= 0.6 is 11.8 Å². The maximum absolute atomic E-state index is 13.5. The van der Waals surface area contributed by atoms with Crippen LogP contribution in [0.1, 0.15) is 106 Å². The fraction of sp³-hybridized carbons (Fsp3) is 0.588. The molecule has 2 saturated carbocycles. The van der Waals surface area contributed by atoms with Gasteiger partial charge in [0.1, 0.15) is 6.04 Å². The Labute approximate surface area is 264 Å². The predicted molar refractivity (Wildman–Crippen MR) is 168 cm³/mol. The number of thioether (sulfide) groups is 1. The first-order valence-electron chi connectivity index (χ1n) is 15.4. The average Bonchev–Trinajstić information content (AvgIpc) is 2.98. The molecule has 5 nitrogen and oxygen atoms in total. The number of nitrogens with one attached hydrogen (secondary N) is 1. The average molecular weight is 573 g/mol. The molecule has 3 unspecified atom stereocenters. The van der Waals surface area contributed by atoms with E-state index in [-0.39, 0.29) is 32.2 Å². The Kier molecular flexibility index (Phi) is 13.8. The second-order valence-electron chi connectivity index (χ2n) is 12.1. The van der Waals surface area contributed by atoms with Gasteiger partial charge in [-0.25, -0.2) is 4.79 Å². The zero-order valence-electron chi connectivity index (χ0n) is 26.4. The van der Waals surface area contributed by atoms with Crippen molar-refractivity contribution in [1.29, 1.82) is 0 Å². The first-order chi connectivity index (χ1) is 19.4. The number of carboxylic acids is 1. The van der Waals surface area contributed by atoms with Crippen LogP contribution in [-0.2, 0) is 4.79 Å². The van der Waals surface area contributed by atoms with E-state index < -0.39 is 12.0 Å². The van der Waals surface area contributed by atoms with Gasteiger partial charge in [0, 0.05) is 11.6 Å². The van der Waals surface area contributed by atoms with E-state index in [1.54, 1.807) is 11.8 Å². The maximum Gasteiger partial charge on any atom is 1.00 e. The third-order valence-electron chi connectivity index (χ3n) is 9.37. The van der Waals surface area contributed by atoms with Crippen LogP contribution in [0.15, 0.2) is 42.5 Å². The summed E-state index contributed by atoms with van der Waals surface area (Å²) in [5, 5.41) is 12.5. The summed E-state index contributed by atoms with van der Waals surface area (Å²) in [6, 6.07) is 13.1. The predicted octanol–water partition coefficient (Wildman–Crippen LogP) is 4.88. The molecular formula is C34H49LiN2O3S. The Bertz CT molecular complexity index is 1140. The SMILES string of the molecule is CSCCC(NC(=O)c1ccc(C(N)C(CC2CCCCC2)C2CCCCC2)cc1-c1ccccc1C)C(=O)O.[H-].[Li+]. The van der Waals surface area contributed by atoms with E-state index in [0.717, 1.165) is 28.2 Å². The number of amides is 1. The fourth-order valence-corrected chi connectivity index (χ4v) is 7.52. The summed E-state index contributed by atoms with van der Waals surface area (Å²) < 4.78 is 0. The number of aliphatic carboxylic acids is 1. The van der Waals surface area contributed by atoms with Gasteiger partial charge < -0.3 is 17.6 Å². The van der Waals surface area contributed by atoms with E-state index in [4.69, 9.17) is 5.73 Å². The van der Waals surface area contributed by atoms with Crippen molar-refractivity contribution in [1.82, 2.24) is 5.32 Å². The maximum atomic E-state index is 13.5. The Morgan fingerprint density at radius 3 is 2.29 bits per heavy atom. The van der Waals surface area contributed by atoms with E-state index in [1.807, 2.05) is 36.6 Å². The van der Waals surface area contributed by atoms with Gasteiger partial charge in [-0.3, -0.25) is 4.79 Å². The summed E-state index contributed by atoms with van der Waals surface area (Å²) in [6.45, 7) is 2.05. The summed E-state index contributed by atoms with van der Waals surface area (Å²) in [5.74, 6) is 1.18. The molecule has 4 rings (SSSR count). The topological polar surface area (TPSA) is 92.4 Å². The largest absolute Gasteiger partial charge is 1.00 e. The van der Waals surface area contributed by atoms with Crippen molar-refractivity contribution in [3.05, 3.63) is 59.2 Å². The summed E-state index contributed by atoms with van der Waals surface area (Å²) in [4.78, 5) is 25.4. The zero-order valence-corrected chi connectivity index (χ0v) is 26.2. The van der Waals surface area contributed by atoms with Crippen molar-refractivity contribution >= 4 is 23.6 Å². The summed E-state index contributed by atoms with van der Waals surface area (Å²) in [6.07, 6.45) is 16.7. The number of nitrogens with two attached hydrogens (primary N) is 1. The Hall–Kier alpha value is -1.71. The number of aryl methyl sites for hydroxylation is 1. The van der Waals surface area contributed by atoms with Gasteiger partial charge in [-0.1, -0.05) is 94.5 Å². The molecule has 2 aliphatic carbocycles. The Morgan fingerprint density at radius 2 is 1.66 bits per heavy atom. The zero-order chi connectivity index (χ0) is 28.5. The molecule has 41 heavy (non-hydrogen) atoms. The molecule has 0 aromatic heterocycles. The number of hydrogen-bond donors (Lipinski definition) is 3. The van der Waals surface area contributed by atoms with Gasteiger partial charge in [0.2, 0.25) is 0 Å². The molecule has 2 aliphatic rings. The number of hydrogen-bond acceptors (Lipinski definition) is 4. The van der Waals surface area contributed by atoms with Crippen LogP contribution in [0.25, 0.3) is 11.1 Å². The van der Waals surface area contributed by atoms with Crippen molar-refractivity contribution < 1.29 is 35.0 Å². The Morgan fingerprint density at radius 1 is 1.00 bits per heavy atom. The molecule has 1 amide bonds. The van der Waals surface area contributed by atoms with E-state index >= 15 is 0 Å². The molecular weight excluding hydrogens is 523 g/mol. The fourth-order valence-electron chi connectivity index (χ4n) is 7.04. The normalized spacial score (nSPS) is 18.6. The molecule has 4 N–H and O–H groups in total. The molecule has 0 aliphatic heterocycles. The molecule has 2 fully saturated rings. The van der Waals surface area contributed by atoms with Crippen LogP contribution in [0, 0.1) is 24.7 Å². The first-order valence-corrected chi connectivity index (χ1v) is 16.8. The van der Waals surface area contributed by atoms with E-state index in [1.165, 1.54) is 70.6 Å². The van der Waals surface area contributed by atoms with Crippen LogP contribution in [0.4, 0.5) is 0 Å². The second kappa shape index (κ2) is 16.8. The van der Waals surface area contributed by atoms with Crippen molar-refractivity contribution in [2.24, 2.45) is 23.5 Å². The molecule has 7 heteroatoms. The summed E-state index contributed by atoms with van der Waals surface area (Å²) >= 11 is 1.58. The molecule has 0 saturated heterocycles. The van der Waals surface area contributed by atoms with Crippen LogP contribution in [0.2, 0.25) is 0 Å². The van der Waals surface area contributed by atoms with Crippen molar-refractivity contribution in [2.45, 2.75) is 96.1 Å². The molecule has 0 radical (unpaired) electrons. The molecule has 220 valence electrons. The van der Waals surface area contributed by atoms with Crippen molar-refractivity contribution in [3.63, 3.8) is 0 Å². The smallest absolute Gasteiger partial charge is 1.00 e. The van der Waals surface area contributed by atoms with E-state index in [9.17, 15) is 14.7 Å². The summed E-state index contributed by atoms with van der Waals surface area (Å²) in [5.41, 5.74) is 11.7. The second-order valence-corrected chi connectivity index (χ2v) is 13.1.